The number of rotatable bonds is 3. The van der Waals surface area contributed by atoms with E-state index in [0.29, 0.717) is 24.7 Å². The first-order chi connectivity index (χ1) is 12.5. The molecule has 1 aliphatic rings. The van der Waals surface area contributed by atoms with Gasteiger partial charge in [0.2, 0.25) is 5.91 Å². The molecule has 3 aromatic rings. The van der Waals surface area contributed by atoms with E-state index >= 15 is 0 Å². The summed E-state index contributed by atoms with van der Waals surface area (Å²) in [6.45, 7) is 6.70. The van der Waals surface area contributed by atoms with Gasteiger partial charge in [0.1, 0.15) is 0 Å². The molecule has 1 unspecified atom stereocenters. The topological polar surface area (TPSA) is 59.2 Å². The molecule has 1 saturated heterocycles. The highest BCUT2D eigenvalue weighted by molar-refractivity contribution is 5.96. The number of carbonyl (C=O) groups excluding carboxylic acids is 1. The van der Waals surface area contributed by atoms with Crippen LogP contribution in [-0.4, -0.2) is 22.6 Å². The van der Waals surface area contributed by atoms with Crippen LogP contribution in [0.2, 0.25) is 0 Å². The summed E-state index contributed by atoms with van der Waals surface area (Å²) in [5, 5.41) is 4.15. The summed E-state index contributed by atoms with van der Waals surface area (Å²) in [6.07, 6.45) is 0.402. The molecular formula is C21H21N3O2. The van der Waals surface area contributed by atoms with Crippen LogP contribution in [0.4, 0.5) is 5.69 Å². The highest BCUT2D eigenvalue weighted by atomic mass is 16.5. The summed E-state index contributed by atoms with van der Waals surface area (Å²) in [7, 11) is 0. The molecule has 1 amide bonds. The van der Waals surface area contributed by atoms with Crippen LogP contribution in [0.3, 0.4) is 0 Å². The maximum Gasteiger partial charge on any atom is 0.257 e. The molecule has 5 nitrogen and oxygen atoms in total. The predicted octanol–water partition coefficient (Wildman–Crippen LogP) is 4.18. The first-order valence-electron chi connectivity index (χ1n) is 8.79. The van der Waals surface area contributed by atoms with Crippen LogP contribution in [0.25, 0.3) is 11.5 Å². The lowest BCUT2D eigenvalue weighted by atomic mass is 10.1. The monoisotopic (exact) mass is 347 g/mol. The third-order valence-corrected chi connectivity index (χ3v) is 4.75. The SMILES string of the molecule is Cc1ccc(N2CC(c3noc(-c4cc(C)cc(C)c4)n3)CC2=O)cc1. The molecular weight excluding hydrogens is 326 g/mol. The molecule has 26 heavy (non-hydrogen) atoms. The minimum atomic E-state index is -0.0489. The van der Waals surface area contributed by atoms with Crippen LogP contribution in [-0.2, 0) is 4.79 Å². The van der Waals surface area contributed by atoms with Gasteiger partial charge in [-0.25, -0.2) is 0 Å². The van der Waals surface area contributed by atoms with E-state index in [4.69, 9.17) is 4.52 Å². The summed E-state index contributed by atoms with van der Waals surface area (Å²) in [5.74, 6) is 1.15. The van der Waals surface area contributed by atoms with Crippen LogP contribution in [0, 0.1) is 20.8 Å². The molecule has 0 saturated carbocycles. The van der Waals surface area contributed by atoms with Gasteiger partial charge in [0.05, 0.1) is 0 Å². The Labute approximate surface area is 152 Å². The zero-order valence-electron chi connectivity index (χ0n) is 15.2. The maximum absolute atomic E-state index is 12.4. The standard InChI is InChI=1S/C21H21N3O2/c1-13-4-6-18(7-5-13)24-12-17(11-19(24)25)20-22-21(26-23-20)16-9-14(2)8-15(3)10-16/h4-10,17H,11-12H2,1-3H3. The van der Waals surface area contributed by atoms with E-state index in [1.54, 1.807) is 4.90 Å². The van der Waals surface area contributed by atoms with E-state index in [1.807, 2.05) is 57.2 Å². The molecule has 2 aromatic carbocycles. The Morgan fingerprint density at radius 3 is 2.38 bits per heavy atom. The lowest BCUT2D eigenvalue weighted by molar-refractivity contribution is -0.117. The first kappa shape index (κ1) is 16.5. The van der Waals surface area contributed by atoms with Crippen molar-refractivity contribution in [3.05, 3.63) is 65.0 Å². The highest BCUT2D eigenvalue weighted by Gasteiger charge is 2.34. The van der Waals surface area contributed by atoms with Crippen LogP contribution < -0.4 is 4.90 Å². The number of aryl methyl sites for hydroxylation is 3. The van der Waals surface area contributed by atoms with Gasteiger partial charge in [0.15, 0.2) is 5.82 Å². The Morgan fingerprint density at radius 2 is 1.69 bits per heavy atom. The van der Waals surface area contributed by atoms with Crippen molar-refractivity contribution >= 4 is 11.6 Å². The zero-order valence-corrected chi connectivity index (χ0v) is 15.2. The van der Waals surface area contributed by atoms with Gasteiger partial charge in [-0.15, -0.1) is 0 Å². The van der Waals surface area contributed by atoms with Crippen LogP contribution in [0.1, 0.15) is 34.9 Å². The van der Waals surface area contributed by atoms with Gasteiger partial charge >= 0.3 is 0 Å². The van der Waals surface area contributed by atoms with Gasteiger partial charge in [-0.3, -0.25) is 4.79 Å². The molecule has 0 spiro atoms. The number of nitrogens with zero attached hydrogens (tertiary/aromatic N) is 3. The third-order valence-electron chi connectivity index (χ3n) is 4.75. The van der Waals surface area contributed by atoms with E-state index in [-0.39, 0.29) is 11.8 Å². The van der Waals surface area contributed by atoms with Crippen LogP contribution in [0.15, 0.2) is 47.0 Å². The van der Waals surface area contributed by atoms with Crippen molar-refractivity contribution in [2.45, 2.75) is 33.1 Å². The Balaban J connectivity index is 1.56. The van der Waals surface area contributed by atoms with Gasteiger partial charge < -0.3 is 9.42 Å². The highest BCUT2D eigenvalue weighted by Crippen LogP contribution is 2.31. The van der Waals surface area contributed by atoms with Crippen molar-refractivity contribution in [1.29, 1.82) is 0 Å². The number of amides is 1. The van der Waals surface area contributed by atoms with E-state index in [9.17, 15) is 4.79 Å². The second-order valence-corrected chi connectivity index (χ2v) is 7.08. The molecule has 4 rings (SSSR count). The molecule has 0 radical (unpaired) electrons. The smallest absolute Gasteiger partial charge is 0.257 e. The van der Waals surface area contributed by atoms with E-state index in [1.165, 1.54) is 5.56 Å². The van der Waals surface area contributed by atoms with Gasteiger partial charge in [0, 0.05) is 30.1 Å². The molecule has 1 aliphatic heterocycles. The summed E-state index contributed by atoms with van der Waals surface area (Å²) in [4.78, 5) is 18.8. The van der Waals surface area contributed by atoms with Crippen molar-refractivity contribution in [1.82, 2.24) is 10.1 Å². The van der Waals surface area contributed by atoms with Gasteiger partial charge in [-0.2, -0.15) is 4.98 Å². The number of anilines is 1. The Hall–Kier alpha value is -2.95. The molecule has 0 N–H and O–H groups in total. The third kappa shape index (κ3) is 3.12. The van der Waals surface area contributed by atoms with Crippen molar-refractivity contribution in [3.63, 3.8) is 0 Å². The van der Waals surface area contributed by atoms with E-state index < -0.39 is 0 Å². The number of benzene rings is 2. The lowest BCUT2D eigenvalue weighted by Crippen LogP contribution is -2.24. The fourth-order valence-electron chi connectivity index (χ4n) is 3.47. The predicted molar refractivity (Wildman–Crippen MR) is 100 cm³/mol. The second kappa shape index (κ2) is 6.41. The van der Waals surface area contributed by atoms with Gasteiger partial charge in [-0.1, -0.05) is 40.0 Å². The number of hydrogen-bond acceptors (Lipinski definition) is 4. The van der Waals surface area contributed by atoms with Gasteiger partial charge in [0.25, 0.3) is 5.89 Å². The summed E-state index contributed by atoms with van der Waals surface area (Å²) in [5.41, 5.74) is 5.32. The molecule has 132 valence electrons. The average molecular weight is 347 g/mol. The second-order valence-electron chi connectivity index (χ2n) is 7.08. The quantitative estimate of drug-likeness (QED) is 0.713. The van der Waals surface area contributed by atoms with Crippen molar-refractivity contribution in [2.75, 3.05) is 11.4 Å². The molecule has 1 aromatic heterocycles. The fourth-order valence-corrected chi connectivity index (χ4v) is 3.47. The minimum Gasteiger partial charge on any atom is -0.334 e. The molecule has 1 atom stereocenters. The summed E-state index contributed by atoms with van der Waals surface area (Å²) >= 11 is 0. The number of carbonyl (C=O) groups is 1. The summed E-state index contributed by atoms with van der Waals surface area (Å²) in [6, 6.07) is 14.2. The van der Waals surface area contributed by atoms with E-state index in [2.05, 4.69) is 16.2 Å². The normalized spacial score (nSPS) is 17.1. The van der Waals surface area contributed by atoms with Crippen molar-refractivity contribution < 1.29 is 9.32 Å². The molecule has 1 fully saturated rings. The summed E-state index contributed by atoms with van der Waals surface area (Å²) < 4.78 is 5.47. The van der Waals surface area contributed by atoms with Crippen molar-refractivity contribution in [3.8, 4) is 11.5 Å². The first-order valence-corrected chi connectivity index (χ1v) is 8.79. The van der Waals surface area contributed by atoms with Crippen LogP contribution in [0.5, 0.6) is 0 Å². The number of aromatic nitrogens is 2. The Bertz CT molecular complexity index is 939. The molecule has 0 bridgehead atoms. The Morgan fingerprint density at radius 1 is 1.00 bits per heavy atom. The average Bonchev–Trinajstić information content (AvgIpc) is 3.22. The molecule has 0 aliphatic carbocycles. The van der Waals surface area contributed by atoms with Crippen LogP contribution >= 0.6 is 0 Å². The van der Waals surface area contributed by atoms with Gasteiger partial charge in [-0.05, 0) is 45.0 Å². The number of hydrogen-bond donors (Lipinski definition) is 0. The molecule has 2 heterocycles. The van der Waals surface area contributed by atoms with Crippen molar-refractivity contribution in [2.24, 2.45) is 0 Å². The molecule has 5 heteroatoms. The zero-order chi connectivity index (χ0) is 18.3. The van der Waals surface area contributed by atoms with E-state index in [0.717, 1.165) is 22.4 Å². The largest absolute Gasteiger partial charge is 0.334 e. The lowest BCUT2D eigenvalue weighted by Gasteiger charge is -2.16. The minimum absolute atomic E-state index is 0.0489. The fraction of sp³-hybridized carbons (Fsp3) is 0.286. The Kier molecular flexibility index (Phi) is 4.07. The maximum atomic E-state index is 12.4.